The number of rotatable bonds is 4. The van der Waals surface area contributed by atoms with Gasteiger partial charge in [-0.05, 0) is 57.7 Å². The highest BCUT2D eigenvalue weighted by molar-refractivity contribution is 6.74. The van der Waals surface area contributed by atoms with Gasteiger partial charge in [-0.15, -0.1) is 0 Å². The van der Waals surface area contributed by atoms with Gasteiger partial charge in [0, 0.05) is 24.2 Å². The minimum Gasteiger partial charge on any atom is -0.547 e. The molecule has 5 aliphatic rings. The first-order chi connectivity index (χ1) is 13.9. The molecule has 6 atom stereocenters. The van der Waals surface area contributed by atoms with Crippen LogP contribution < -0.4 is 0 Å². The van der Waals surface area contributed by atoms with Gasteiger partial charge in [0.1, 0.15) is 5.78 Å². The number of carbonyl (C=O) groups excluding carboxylic acids is 2. The van der Waals surface area contributed by atoms with E-state index in [-0.39, 0.29) is 41.0 Å². The molecule has 0 spiro atoms. The lowest BCUT2D eigenvalue weighted by Crippen LogP contribution is -2.84. The van der Waals surface area contributed by atoms with Crippen LogP contribution in [0.5, 0.6) is 0 Å². The van der Waals surface area contributed by atoms with Crippen molar-refractivity contribution in [2.75, 3.05) is 0 Å². The Hall–Kier alpha value is -0.966. The summed E-state index contributed by atoms with van der Waals surface area (Å²) in [5, 5.41) is 0.0402. The second-order valence-electron chi connectivity index (χ2n) is 12.7. The molecular weight excluding hydrogens is 428 g/mol. The van der Waals surface area contributed by atoms with E-state index in [0.29, 0.717) is 6.42 Å². The van der Waals surface area contributed by atoms with Crippen LogP contribution in [0.3, 0.4) is 0 Å². The smallest absolute Gasteiger partial charge is 0.339 e. The van der Waals surface area contributed by atoms with Crippen LogP contribution in [-0.2, 0) is 27.9 Å². The number of esters is 1. The SMILES string of the molecule is CC(C)(C)[Si](C)(C)OC1=C[C@H]2C(=O)C[C@@]3(O[Si](C)(C)C)O[C@]4(C)C(=O)O[C@@]3(C)[C@H]2[C@H]4C1. The monoisotopic (exact) mass is 466 g/mol. The summed E-state index contributed by atoms with van der Waals surface area (Å²) in [6.07, 6.45) is 2.69. The Labute approximate surface area is 188 Å². The van der Waals surface area contributed by atoms with Gasteiger partial charge in [-0.25, -0.2) is 4.79 Å². The molecule has 0 unspecified atom stereocenters. The molecule has 6 nitrogen and oxygen atoms in total. The van der Waals surface area contributed by atoms with Crippen molar-refractivity contribution in [1.29, 1.82) is 0 Å². The Balaban J connectivity index is 1.80. The van der Waals surface area contributed by atoms with Crippen molar-refractivity contribution in [3.63, 3.8) is 0 Å². The Morgan fingerprint density at radius 1 is 1.10 bits per heavy atom. The van der Waals surface area contributed by atoms with Crippen LogP contribution in [0.4, 0.5) is 0 Å². The maximum Gasteiger partial charge on any atom is 0.339 e. The van der Waals surface area contributed by atoms with E-state index in [1.165, 1.54) is 0 Å². The lowest BCUT2D eigenvalue weighted by Gasteiger charge is -2.70. The predicted molar refractivity (Wildman–Crippen MR) is 122 cm³/mol. The Bertz CT molecular complexity index is 868. The van der Waals surface area contributed by atoms with E-state index in [1.807, 2.05) is 19.9 Å². The summed E-state index contributed by atoms with van der Waals surface area (Å²) >= 11 is 0. The number of allylic oxidation sites excluding steroid dienone is 2. The van der Waals surface area contributed by atoms with Crippen molar-refractivity contribution >= 4 is 28.4 Å². The molecule has 5 rings (SSSR count). The molecule has 0 aromatic rings. The molecule has 1 saturated carbocycles. The average Bonchev–Trinajstić information content (AvgIpc) is 2.54. The molecule has 0 radical (unpaired) electrons. The molecular formula is C23H38O6Si2. The van der Waals surface area contributed by atoms with Crippen LogP contribution in [0.25, 0.3) is 0 Å². The second kappa shape index (κ2) is 6.33. The van der Waals surface area contributed by atoms with Crippen LogP contribution in [0, 0.1) is 17.8 Å². The summed E-state index contributed by atoms with van der Waals surface area (Å²) < 4.78 is 25.8. The van der Waals surface area contributed by atoms with Gasteiger partial charge in [0.25, 0.3) is 0 Å². The van der Waals surface area contributed by atoms with E-state index in [0.717, 1.165) is 5.76 Å². The maximum absolute atomic E-state index is 13.4. The lowest BCUT2D eigenvalue weighted by molar-refractivity contribution is -0.421. The first-order valence-corrected chi connectivity index (χ1v) is 17.7. The largest absolute Gasteiger partial charge is 0.547 e. The summed E-state index contributed by atoms with van der Waals surface area (Å²) in [5.74, 6) is -1.35. The fourth-order valence-corrected chi connectivity index (χ4v) is 8.12. The van der Waals surface area contributed by atoms with E-state index in [4.69, 9.17) is 18.3 Å². The van der Waals surface area contributed by atoms with Crippen molar-refractivity contribution in [1.82, 2.24) is 0 Å². The van der Waals surface area contributed by atoms with E-state index in [2.05, 4.69) is 53.5 Å². The van der Waals surface area contributed by atoms with Crippen molar-refractivity contribution in [3.05, 3.63) is 11.8 Å². The summed E-state index contributed by atoms with van der Waals surface area (Å²) in [7, 11) is -4.19. The molecule has 2 aliphatic carbocycles. The lowest BCUT2D eigenvalue weighted by atomic mass is 9.51. The standard InChI is InChI=1S/C23H38O6Si2/c1-20(2,3)31(9,10)27-14-11-15-17(24)13-23(29-30(6,7)8)22(5)18(15)16(12-14)21(4,28-23)19(25)26-22/h11,15-16,18H,12-13H2,1-10H3/t15-,16+,18+,21-,22-,23-/m0/s1. The summed E-state index contributed by atoms with van der Waals surface area (Å²) in [6, 6.07) is 0. The molecule has 3 heterocycles. The molecule has 174 valence electrons. The van der Waals surface area contributed by atoms with E-state index >= 15 is 0 Å². The fraction of sp³-hybridized carbons (Fsp3) is 0.826. The second-order valence-corrected chi connectivity index (χ2v) is 21.8. The number of hydrogen-bond acceptors (Lipinski definition) is 6. The number of ketones is 1. The van der Waals surface area contributed by atoms with Gasteiger partial charge in [-0.3, -0.25) is 4.79 Å². The first-order valence-electron chi connectivity index (χ1n) is 11.4. The molecule has 0 amide bonds. The van der Waals surface area contributed by atoms with Gasteiger partial charge in [-0.2, -0.15) is 0 Å². The molecule has 4 fully saturated rings. The third-order valence-corrected chi connectivity index (χ3v) is 13.6. The molecule has 0 aromatic heterocycles. The van der Waals surface area contributed by atoms with Crippen molar-refractivity contribution in [3.8, 4) is 0 Å². The number of carbonyl (C=O) groups is 2. The Morgan fingerprint density at radius 3 is 2.26 bits per heavy atom. The van der Waals surface area contributed by atoms with Crippen LogP contribution in [0.2, 0.25) is 37.8 Å². The first kappa shape index (κ1) is 23.2. The number of Topliss-reactive ketones (excluding diaryl/α,β-unsaturated/α-hetero) is 1. The molecule has 8 heteroatoms. The van der Waals surface area contributed by atoms with Crippen LogP contribution in [-0.4, -0.2) is 45.4 Å². The Morgan fingerprint density at radius 2 is 1.71 bits per heavy atom. The van der Waals surface area contributed by atoms with Gasteiger partial charge in [0.2, 0.25) is 14.1 Å². The highest BCUT2D eigenvalue weighted by atomic mass is 28.4. The molecule has 0 aromatic carbocycles. The van der Waals surface area contributed by atoms with Gasteiger partial charge in [0.15, 0.2) is 19.5 Å². The van der Waals surface area contributed by atoms with Crippen LogP contribution >= 0.6 is 0 Å². The van der Waals surface area contributed by atoms with E-state index < -0.39 is 33.6 Å². The Kier molecular flexibility index (Phi) is 4.74. The minimum absolute atomic E-state index is 0.0402. The zero-order chi connectivity index (χ0) is 23.4. The van der Waals surface area contributed by atoms with Gasteiger partial charge in [-0.1, -0.05) is 20.8 Å². The predicted octanol–water partition coefficient (Wildman–Crippen LogP) is 4.77. The number of hydrogen-bond donors (Lipinski definition) is 0. The van der Waals surface area contributed by atoms with E-state index in [1.54, 1.807) is 0 Å². The average molecular weight is 467 g/mol. The summed E-state index contributed by atoms with van der Waals surface area (Å²) in [4.78, 5) is 26.6. The molecule has 3 saturated heterocycles. The molecule has 0 N–H and O–H groups in total. The maximum atomic E-state index is 13.4. The molecule has 31 heavy (non-hydrogen) atoms. The summed E-state index contributed by atoms with van der Waals surface area (Å²) in [6.45, 7) is 20.9. The summed E-state index contributed by atoms with van der Waals surface area (Å²) in [5.41, 5.74) is -2.15. The number of ether oxygens (including phenoxy) is 2. The minimum atomic E-state index is -2.11. The third-order valence-electron chi connectivity index (χ3n) is 8.24. The normalized spacial score (nSPS) is 42.3. The van der Waals surface area contributed by atoms with Gasteiger partial charge in [0.05, 0.1) is 12.2 Å². The molecule has 3 aliphatic heterocycles. The zero-order valence-electron chi connectivity index (χ0n) is 20.7. The van der Waals surface area contributed by atoms with Crippen molar-refractivity contribution in [2.45, 2.75) is 102 Å². The van der Waals surface area contributed by atoms with Crippen LogP contribution in [0.1, 0.15) is 47.5 Å². The van der Waals surface area contributed by atoms with Crippen molar-refractivity contribution < 1.29 is 27.9 Å². The van der Waals surface area contributed by atoms with Crippen molar-refractivity contribution in [2.24, 2.45) is 17.8 Å². The van der Waals surface area contributed by atoms with Gasteiger partial charge >= 0.3 is 5.97 Å². The van der Waals surface area contributed by atoms with Crippen LogP contribution in [0.15, 0.2) is 11.8 Å². The van der Waals surface area contributed by atoms with E-state index in [9.17, 15) is 9.59 Å². The molecule has 4 bridgehead atoms. The third kappa shape index (κ3) is 3.15. The zero-order valence-corrected chi connectivity index (χ0v) is 22.7. The van der Waals surface area contributed by atoms with Gasteiger partial charge < -0.3 is 18.3 Å². The quantitative estimate of drug-likeness (QED) is 0.439. The highest BCUT2D eigenvalue weighted by Crippen LogP contribution is 2.66. The topological polar surface area (TPSA) is 71.1 Å². The fourth-order valence-electron chi connectivity index (χ4n) is 5.70. The highest BCUT2D eigenvalue weighted by Gasteiger charge is 2.80. The number of fused-ring (bicyclic) bond motifs is 1.